The monoisotopic (exact) mass is 465 g/mol. The van der Waals surface area contributed by atoms with Crippen molar-refractivity contribution in [1.82, 2.24) is 0 Å². The number of methoxy groups -OCH3 is 2. The van der Waals surface area contributed by atoms with Gasteiger partial charge in [-0.2, -0.15) is 0 Å². The molecule has 0 radical (unpaired) electrons. The second kappa shape index (κ2) is 9.75. The highest BCUT2D eigenvalue weighted by Gasteiger charge is 2.31. The Balaban J connectivity index is 2.37. The molecule has 13 heteroatoms. The van der Waals surface area contributed by atoms with Gasteiger partial charge in [0.15, 0.2) is 11.5 Å². The summed E-state index contributed by atoms with van der Waals surface area (Å²) in [5.74, 6) is -1.97. The van der Waals surface area contributed by atoms with Crippen molar-refractivity contribution in [3.63, 3.8) is 0 Å². The van der Waals surface area contributed by atoms with Crippen molar-refractivity contribution in [2.45, 2.75) is 11.3 Å². The van der Waals surface area contributed by atoms with E-state index in [1.165, 1.54) is 14.2 Å². The minimum atomic E-state index is -4.93. The standard InChI is InChI=1S/C18H18F3NO8S/c1-27-7-8-29-16-10-14(13(17(23)24)9-15(16)28-2)22-31(25,26)12-5-3-11(4-6-12)30-18(19,20)21/h3-6,9-10,22H,7-8H2,1-2H3,(H,23,24). The fourth-order valence-corrected chi connectivity index (χ4v) is 3.42. The van der Waals surface area contributed by atoms with Gasteiger partial charge in [0.05, 0.1) is 29.9 Å². The van der Waals surface area contributed by atoms with E-state index in [0.717, 1.165) is 36.4 Å². The first-order valence-electron chi connectivity index (χ1n) is 8.42. The van der Waals surface area contributed by atoms with Gasteiger partial charge >= 0.3 is 12.3 Å². The number of alkyl halides is 3. The van der Waals surface area contributed by atoms with Gasteiger partial charge in [0.25, 0.3) is 10.0 Å². The van der Waals surface area contributed by atoms with E-state index in [1.807, 2.05) is 0 Å². The molecule has 170 valence electrons. The lowest BCUT2D eigenvalue weighted by Gasteiger charge is -2.16. The van der Waals surface area contributed by atoms with E-state index >= 15 is 0 Å². The van der Waals surface area contributed by atoms with E-state index in [9.17, 15) is 31.5 Å². The van der Waals surface area contributed by atoms with Crippen molar-refractivity contribution in [2.24, 2.45) is 0 Å². The number of nitrogens with one attached hydrogen (secondary N) is 1. The summed E-state index contributed by atoms with van der Waals surface area (Å²) in [7, 11) is -1.64. The lowest BCUT2D eigenvalue weighted by atomic mass is 10.1. The quantitative estimate of drug-likeness (QED) is 0.514. The molecule has 0 heterocycles. The van der Waals surface area contributed by atoms with Crippen LogP contribution in [0, 0.1) is 0 Å². The molecule has 0 saturated heterocycles. The molecule has 0 atom stereocenters. The van der Waals surface area contributed by atoms with Crippen LogP contribution in [0.1, 0.15) is 10.4 Å². The average molecular weight is 465 g/mol. The second-order valence-electron chi connectivity index (χ2n) is 5.82. The Hall–Kier alpha value is -3.19. The smallest absolute Gasteiger partial charge is 0.493 e. The zero-order valence-electron chi connectivity index (χ0n) is 16.2. The third-order valence-electron chi connectivity index (χ3n) is 3.69. The molecule has 0 saturated carbocycles. The molecule has 0 fully saturated rings. The molecule has 0 aromatic heterocycles. The van der Waals surface area contributed by atoms with Crippen LogP contribution in [-0.4, -0.2) is 53.3 Å². The fourth-order valence-electron chi connectivity index (χ4n) is 2.35. The van der Waals surface area contributed by atoms with E-state index < -0.39 is 38.6 Å². The number of benzene rings is 2. The maximum absolute atomic E-state index is 12.6. The van der Waals surface area contributed by atoms with Gasteiger partial charge in [0.1, 0.15) is 12.4 Å². The van der Waals surface area contributed by atoms with E-state index in [-0.39, 0.29) is 30.4 Å². The van der Waals surface area contributed by atoms with Crippen LogP contribution in [0.25, 0.3) is 0 Å². The number of carboxylic acids is 1. The van der Waals surface area contributed by atoms with Crippen LogP contribution in [0.3, 0.4) is 0 Å². The van der Waals surface area contributed by atoms with Crippen molar-refractivity contribution in [1.29, 1.82) is 0 Å². The molecule has 2 N–H and O–H groups in total. The summed E-state index contributed by atoms with van der Waals surface area (Å²) in [4.78, 5) is 11.2. The summed E-state index contributed by atoms with van der Waals surface area (Å²) >= 11 is 0. The predicted molar refractivity (Wildman–Crippen MR) is 101 cm³/mol. The summed E-state index contributed by atoms with van der Waals surface area (Å²) in [5.41, 5.74) is -0.770. The zero-order valence-corrected chi connectivity index (χ0v) is 17.0. The topological polar surface area (TPSA) is 120 Å². The van der Waals surface area contributed by atoms with Crippen LogP contribution in [0.5, 0.6) is 17.2 Å². The maximum Gasteiger partial charge on any atom is 0.573 e. The lowest BCUT2D eigenvalue weighted by molar-refractivity contribution is -0.274. The molecule has 0 unspecified atom stereocenters. The first-order chi connectivity index (χ1) is 14.5. The SMILES string of the molecule is COCCOc1cc(NS(=O)(=O)c2ccc(OC(F)(F)F)cc2)c(C(=O)O)cc1OC. The van der Waals surface area contributed by atoms with Gasteiger partial charge in [-0.25, -0.2) is 13.2 Å². The third-order valence-corrected chi connectivity index (χ3v) is 5.07. The molecular weight excluding hydrogens is 447 g/mol. The van der Waals surface area contributed by atoms with Crippen molar-refractivity contribution in [3.05, 3.63) is 42.0 Å². The molecule has 2 aromatic rings. The molecule has 0 aliphatic rings. The normalized spacial score (nSPS) is 11.6. The molecule has 2 aromatic carbocycles. The largest absolute Gasteiger partial charge is 0.573 e. The Labute approximate surface area is 175 Å². The average Bonchev–Trinajstić information content (AvgIpc) is 2.67. The number of carbonyl (C=O) groups is 1. The Kier molecular flexibility index (Phi) is 7.57. The van der Waals surface area contributed by atoms with E-state index in [4.69, 9.17) is 14.2 Å². The molecule has 2 rings (SSSR count). The van der Waals surface area contributed by atoms with Gasteiger partial charge in [0, 0.05) is 19.2 Å². The number of hydrogen-bond donors (Lipinski definition) is 2. The summed E-state index contributed by atoms with van der Waals surface area (Å²) in [5, 5.41) is 9.43. The van der Waals surface area contributed by atoms with Gasteiger partial charge in [-0.1, -0.05) is 0 Å². The minimum Gasteiger partial charge on any atom is -0.493 e. The van der Waals surface area contributed by atoms with Crippen LogP contribution in [0.2, 0.25) is 0 Å². The number of sulfonamides is 1. The van der Waals surface area contributed by atoms with E-state index in [0.29, 0.717) is 0 Å². The summed E-state index contributed by atoms with van der Waals surface area (Å²) < 4.78 is 83.2. The Morgan fingerprint density at radius 3 is 2.23 bits per heavy atom. The molecule has 0 amide bonds. The lowest BCUT2D eigenvalue weighted by Crippen LogP contribution is -2.18. The van der Waals surface area contributed by atoms with Crippen LogP contribution in [0.15, 0.2) is 41.3 Å². The van der Waals surface area contributed by atoms with Crippen molar-refractivity contribution in [2.75, 3.05) is 32.2 Å². The highest BCUT2D eigenvalue weighted by molar-refractivity contribution is 7.92. The van der Waals surface area contributed by atoms with Gasteiger partial charge in [-0.3, -0.25) is 4.72 Å². The number of anilines is 1. The van der Waals surface area contributed by atoms with E-state index in [2.05, 4.69) is 9.46 Å². The molecule has 0 aliphatic heterocycles. The Bertz CT molecular complexity index is 1020. The van der Waals surface area contributed by atoms with Gasteiger partial charge in [-0.05, 0) is 24.3 Å². The van der Waals surface area contributed by atoms with Crippen LogP contribution < -0.4 is 18.9 Å². The van der Waals surface area contributed by atoms with Gasteiger partial charge in [-0.15, -0.1) is 13.2 Å². The van der Waals surface area contributed by atoms with Gasteiger partial charge < -0.3 is 24.1 Å². The van der Waals surface area contributed by atoms with Crippen LogP contribution in [-0.2, 0) is 14.8 Å². The third kappa shape index (κ3) is 6.65. The number of ether oxygens (including phenoxy) is 4. The van der Waals surface area contributed by atoms with Crippen LogP contribution >= 0.6 is 0 Å². The molecule has 9 nitrogen and oxygen atoms in total. The van der Waals surface area contributed by atoms with Crippen LogP contribution in [0.4, 0.5) is 18.9 Å². The van der Waals surface area contributed by atoms with Crippen molar-refractivity contribution >= 4 is 21.7 Å². The number of rotatable bonds is 10. The first kappa shape index (κ1) is 24.1. The predicted octanol–water partition coefficient (Wildman–Crippen LogP) is 3.12. The Morgan fingerprint density at radius 2 is 1.71 bits per heavy atom. The second-order valence-corrected chi connectivity index (χ2v) is 7.50. The fraction of sp³-hybridized carbons (Fsp3) is 0.278. The molecule has 0 bridgehead atoms. The summed E-state index contributed by atoms with van der Waals surface area (Å²) in [6.07, 6.45) is -4.93. The van der Waals surface area contributed by atoms with Crippen molar-refractivity contribution in [3.8, 4) is 17.2 Å². The molecule has 0 aliphatic carbocycles. The zero-order chi connectivity index (χ0) is 23.2. The highest BCUT2D eigenvalue weighted by Crippen LogP contribution is 2.35. The molecular formula is C18H18F3NO8S. The number of carboxylic acid groups (broad SMARTS) is 1. The van der Waals surface area contributed by atoms with E-state index in [1.54, 1.807) is 0 Å². The summed E-state index contributed by atoms with van der Waals surface area (Å²) in [6, 6.07) is 5.58. The maximum atomic E-state index is 12.6. The van der Waals surface area contributed by atoms with Gasteiger partial charge in [0.2, 0.25) is 0 Å². The Morgan fingerprint density at radius 1 is 1.06 bits per heavy atom. The number of halogens is 3. The highest BCUT2D eigenvalue weighted by atomic mass is 32.2. The first-order valence-corrected chi connectivity index (χ1v) is 9.91. The summed E-state index contributed by atoms with van der Waals surface area (Å²) in [6.45, 7) is 0.281. The van der Waals surface area contributed by atoms with Crippen molar-refractivity contribution < 1.29 is 50.4 Å². The molecule has 0 spiro atoms. The molecule has 31 heavy (non-hydrogen) atoms. The minimum absolute atomic E-state index is 0.0464. The number of aromatic carboxylic acids is 1. The number of hydrogen-bond acceptors (Lipinski definition) is 7.